The summed E-state index contributed by atoms with van der Waals surface area (Å²) in [5.74, 6) is -0.229. The molecular weight excluding hydrogens is 261 g/mol. The summed E-state index contributed by atoms with van der Waals surface area (Å²) in [5.41, 5.74) is 1.10. The third-order valence-electron chi connectivity index (χ3n) is 2.12. The lowest BCUT2D eigenvalue weighted by Gasteiger charge is -2.11. The normalized spacial score (nSPS) is 13.9. The summed E-state index contributed by atoms with van der Waals surface area (Å²) < 4.78 is 5.03. The van der Waals surface area contributed by atoms with E-state index in [1.165, 1.54) is 6.26 Å². The molecule has 0 unspecified atom stereocenters. The van der Waals surface area contributed by atoms with Crippen LogP contribution in [0.15, 0.2) is 42.2 Å². The maximum absolute atomic E-state index is 11.8. The zero-order valence-electron chi connectivity index (χ0n) is 8.74. The molecule has 1 heterocycles. The fraction of sp³-hybridized carbons (Fsp3) is 0.0833. The van der Waals surface area contributed by atoms with Crippen LogP contribution in [0.5, 0.6) is 0 Å². The summed E-state index contributed by atoms with van der Waals surface area (Å²) in [6.07, 6.45) is 4.90. The maximum atomic E-state index is 11.8. The molecule has 1 N–H and O–H groups in total. The molecule has 0 saturated carbocycles. The molecule has 0 spiro atoms. The van der Waals surface area contributed by atoms with Crippen LogP contribution in [0.3, 0.4) is 0 Å². The van der Waals surface area contributed by atoms with E-state index in [0.29, 0.717) is 21.3 Å². The number of ether oxygens (including phenoxy) is 1. The van der Waals surface area contributed by atoms with Crippen molar-refractivity contribution in [3.63, 3.8) is 0 Å². The number of nitrogens with one attached hydrogen (secondary N) is 1. The van der Waals surface area contributed by atoms with Crippen molar-refractivity contribution >= 4 is 34.8 Å². The molecule has 0 fully saturated rings. The Labute approximate surface area is 109 Å². The molecule has 1 aromatic carbocycles. The molecule has 0 atom stereocenters. The van der Waals surface area contributed by atoms with E-state index in [1.54, 1.807) is 30.4 Å². The molecule has 0 radical (unpaired) electrons. The Balaban J connectivity index is 2.12. The Bertz CT molecular complexity index is 489. The Morgan fingerprint density at radius 2 is 1.94 bits per heavy atom. The first kappa shape index (κ1) is 12.0. The summed E-state index contributed by atoms with van der Waals surface area (Å²) in [4.78, 5) is 11.8. The fourth-order valence-electron chi connectivity index (χ4n) is 1.38. The first-order valence-corrected chi connectivity index (χ1v) is 5.65. The van der Waals surface area contributed by atoms with Gasteiger partial charge in [-0.15, -0.1) is 0 Å². The summed E-state index contributed by atoms with van der Waals surface area (Å²) in [7, 11) is 0. The van der Waals surface area contributed by atoms with Gasteiger partial charge in [-0.2, -0.15) is 0 Å². The van der Waals surface area contributed by atoms with Crippen molar-refractivity contribution in [3.8, 4) is 0 Å². The van der Waals surface area contributed by atoms with Gasteiger partial charge in [-0.25, -0.2) is 0 Å². The number of anilines is 1. The van der Waals surface area contributed by atoms with Gasteiger partial charge in [-0.3, -0.25) is 4.79 Å². The highest BCUT2D eigenvalue weighted by atomic mass is 35.5. The quantitative estimate of drug-likeness (QED) is 0.894. The largest absolute Gasteiger partial charge is 0.496 e. The van der Waals surface area contributed by atoms with Gasteiger partial charge < -0.3 is 10.1 Å². The first-order valence-electron chi connectivity index (χ1n) is 4.90. The highest BCUT2D eigenvalue weighted by Crippen LogP contribution is 2.22. The number of carbonyl (C=O) groups excluding carboxylic acids is 1. The summed E-state index contributed by atoms with van der Waals surface area (Å²) in [6.45, 7) is 0.261. The second-order valence-corrected chi connectivity index (χ2v) is 4.32. The molecule has 3 nitrogen and oxygen atoms in total. The van der Waals surface area contributed by atoms with Gasteiger partial charge in [-0.05, 0) is 30.4 Å². The maximum Gasteiger partial charge on any atom is 0.255 e. The average Bonchev–Trinajstić information content (AvgIpc) is 2.28. The summed E-state index contributed by atoms with van der Waals surface area (Å²) >= 11 is 11.7. The van der Waals surface area contributed by atoms with E-state index < -0.39 is 0 Å². The van der Waals surface area contributed by atoms with Crippen LogP contribution in [0.4, 0.5) is 5.69 Å². The number of allylic oxidation sites excluding steroid dienone is 2. The second-order valence-electron chi connectivity index (χ2n) is 3.44. The molecule has 17 heavy (non-hydrogen) atoms. The van der Waals surface area contributed by atoms with Gasteiger partial charge in [0.15, 0.2) is 0 Å². The van der Waals surface area contributed by atoms with Crippen LogP contribution in [0.2, 0.25) is 10.0 Å². The topological polar surface area (TPSA) is 38.3 Å². The second kappa shape index (κ2) is 5.25. The summed E-state index contributed by atoms with van der Waals surface area (Å²) in [6, 6.07) is 4.86. The molecule has 1 aliphatic rings. The molecule has 0 aromatic heterocycles. The molecule has 0 bridgehead atoms. The monoisotopic (exact) mass is 269 g/mol. The van der Waals surface area contributed by atoms with E-state index in [2.05, 4.69) is 5.32 Å². The van der Waals surface area contributed by atoms with Gasteiger partial charge in [0.25, 0.3) is 5.91 Å². The predicted octanol–water partition coefficient (Wildman–Crippen LogP) is 3.40. The van der Waals surface area contributed by atoms with Crippen molar-refractivity contribution in [2.24, 2.45) is 0 Å². The van der Waals surface area contributed by atoms with E-state index in [0.717, 1.165) is 0 Å². The molecule has 1 aromatic rings. The number of halogens is 2. The smallest absolute Gasteiger partial charge is 0.255 e. The molecule has 1 amide bonds. The zero-order chi connectivity index (χ0) is 12.3. The van der Waals surface area contributed by atoms with Crippen LogP contribution >= 0.6 is 23.2 Å². The standard InChI is InChI=1S/C12H9Cl2NO2/c13-9-4-10(14)6-11(5-9)15-12(16)8-2-1-3-17-7-8/h1-6H,7H2,(H,15,16). The highest BCUT2D eigenvalue weighted by molar-refractivity contribution is 6.35. The molecule has 0 saturated heterocycles. The van der Waals surface area contributed by atoms with Crippen LogP contribution in [-0.2, 0) is 9.53 Å². The van der Waals surface area contributed by atoms with E-state index in [9.17, 15) is 4.79 Å². The van der Waals surface area contributed by atoms with Crippen molar-refractivity contribution in [1.29, 1.82) is 0 Å². The van der Waals surface area contributed by atoms with Crippen molar-refractivity contribution < 1.29 is 9.53 Å². The van der Waals surface area contributed by atoms with Crippen molar-refractivity contribution in [2.45, 2.75) is 0 Å². The van der Waals surface area contributed by atoms with Crippen LogP contribution in [0, 0.1) is 0 Å². The molecule has 1 aliphatic heterocycles. The highest BCUT2D eigenvalue weighted by Gasteiger charge is 2.11. The van der Waals surface area contributed by atoms with Crippen LogP contribution in [-0.4, -0.2) is 12.5 Å². The van der Waals surface area contributed by atoms with Crippen molar-refractivity contribution in [2.75, 3.05) is 11.9 Å². The van der Waals surface area contributed by atoms with Gasteiger partial charge in [0, 0.05) is 15.7 Å². The van der Waals surface area contributed by atoms with Crippen molar-refractivity contribution in [3.05, 3.63) is 52.2 Å². The molecular formula is C12H9Cl2NO2. The minimum Gasteiger partial charge on any atom is -0.496 e. The number of amides is 1. The minimum absolute atomic E-state index is 0.229. The number of benzene rings is 1. The number of hydrogen-bond donors (Lipinski definition) is 1. The number of carbonyl (C=O) groups is 1. The van der Waals surface area contributed by atoms with Gasteiger partial charge in [0.1, 0.15) is 6.61 Å². The third-order valence-corrected chi connectivity index (χ3v) is 2.56. The van der Waals surface area contributed by atoms with Gasteiger partial charge in [-0.1, -0.05) is 23.2 Å². The minimum atomic E-state index is -0.229. The molecule has 88 valence electrons. The average molecular weight is 270 g/mol. The molecule has 5 heteroatoms. The van der Waals surface area contributed by atoms with Gasteiger partial charge in [0.05, 0.1) is 11.8 Å². The lowest BCUT2D eigenvalue weighted by molar-refractivity contribution is -0.113. The number of hydrogen-bond acceptors (Lipinski definition) is 2. The van der Waals surface area contributed by atoms with Crippen LogP contribution < -0.4 is 5.32 Å². The SMILES string of the molecule is O=C(Nc1cc(Cl)cc(Cl)c1)C1=CC=COC1. The van der Waals surface area contributed by atoms with E-state index >= 15 is 0 Å². The van der Waals surface area contributed by atoms with Crippen LogP contribution in [0.1, 0.15) is 0 Å². The Hall–Kier alpha value is -1.45. The third kappa shape index (κ3) is 3.25. The molecule has 2 rings (SSSR count). The fourth-order valence-corrected chi connectivity index (χ4v) is 1.90. The zero-order valence-corrected chi connectivity index (χ0v) is 10.3. The Kier molecular flexibility index (Phi) is 3.71. The van der Waals surface area contributed by atoms with E-state index in [-0.39, 0.29) is 12.5 Å². The van der Waals surface area contributed by atoms with Gasteiger partial charge >= 0.3 is 0 Å². The Morgan fingerprint density at radius 3 is 2.53 bits per heavy atom. The predicted molar refractivity (Wildman–Crippen MR) is 68.3 cm³/mol. The van der Waals surface area contributed by atoms with E-state index in [1.807, 2.05) is 0 Å². The van der Waals surface area contributed by atoms with E-state index in [4.69, 9.17) is 27.9 Å². The van der Waals surface area contributed by atoms with Crippen LogP contribution in [0.25, 0.3) is 0 Å². The van der Waals surface area contributed by atoms with Crippen molar-refractivity contribution in [1.82, 2.24) is 0 Å². The summed E-state index contributed by atoms with van der Waals surface area (Å²) in [5, 5.41) is 3.65. The first-order chi connectivity index (χ1) is 8.15. The lowest BCUT2D eigenvalue weighted by atomic mass is 10.2. The Morgan fingerprint density at radius 1 is 1.24 bits per heavy atom. The number of rotatable bonds is 2. The lowest BCUT2D eigenvalue weighted by Crippen LogP contribution is -2.18. The molecule has 0 aliphatic carbocycles. The van der Waals surface area contributed by atoms with Gasteiger partial charge in [0.2, 0.25) is 0 Å².